The van der Waals surface area contributed by atoms with Crippen LogP contribution in [0.25, 0.3) is 11.4 Å². The first kappa shape index (κ1) is 18.9. The number of rotatable bonds is 7. The number of nitrogens with zero attached hydrogens (tertiary/aromatic N) is 2. The van der Waals surface area contributed by atoms with Gasteiger partial charge in [0, 0.05) is 23.8 Å². The lowest BCUT2D eigenvalue weighted by atomic mass is 10.3. The zero-order valence-corrected chi connectivity index (χ0v) is 15.5. The molecule has 1 aromatic carbocycles. The van der Waals surface area contributed by atoms with Crippen molar-refractivity contribution in [2.24, 2.45) is 0 Å². The minimum absolute atomic E-state index is 0.0803. The van der Waals surface area contributed by atoms with Gasteiger partial charge in [0.05, 0.1) is 5.02 Å². The van der Waals surface area contributed by atoms with E-state index in [1.807, 2.05) is 16.8 Å². The SMILES string of the molecule is O=C(CCc1nc(-c2ccsc2)no1)NNC(=O)COc1ccccc1Cl. The fourth-order valence-electron chi connectivity index (χ4n) is 2.03. The van der Waals surface area contributed by atoms with Crippen molar-refractivity contribution in [3.05, 3.63) is 52.0 Å². The molecule has 2 N–H and O–H groups in total. The predicted octanol–water partition coefficient (Wildman–Crippen LogP) is 2.61. The van der Waals surface area contributed by atoms with E-state index >= 15 is 0 Å². The van der Waals surface area contributed by atoms with Gasteiger partial charge in [-0.25, -0.2) is 0 Å². The summed E-state index contributed by atoms with van der Waals surface area (Å²) in [5.74, 6) is 0.312. The van der Waals surface area contributed by atoms with Crippen LogP contribution in [0.1, 0.15) is 12.3 Å². The Hall–Kier alpha value is -2.91. The third-order valence-electron chi connectivity index (χ3n) is 3.35. The minimum Gasteiger partial charge on any atom is -0.482 e. The van der Waals surface area contributed by atoms with Gasteiger partial charge in [0.1, 0.15) is 5.75 Å². The highest BCUT2D eigenvalue weighted by molar-refractivity contribution is 7.08. The maximum atomic E-state index is 11.8. The number of ether oxygens (including phenoxy) is 1. The molecule has 0 aliphatic carbocycles. The van der Waals surface area contributed by atoms with Crippen molar-refractivity contribution < 1.29 is 18.8 Å². The largest absolute Gasteiger partial charge is 0.482 e. The molecule has 0 atom stereocenters. The summed E-state index contributed by atoms with van der Waals surface area (Å²) < 4.78 is 10.4. The van der Waals surface area contributed by atoms with E-state index in [0.29, 0.717) is 22.5 Å². The number of hydrogen-bond donors (Lipinski definition) is 2. The summed E-state index contributed by atoms with van der Waals surface area (Å²) in [4.78, 5) is 27.7. The topological polar surface area (TPSA) is 106 Å². The minimum atomic E-state index is -0.513. The molecule has 2 aromatic heterocycles. The van der Waals surface area contributed by atoms with E-state index in [1.54, 1.807) is 24.3 Å². The van der Waals surface area contributed by atoms with Gasteiger partial charge in [0.25, 0.3) is 5.91 Å². The van der Waals surface area contributed by atoms with Crippen molar-refractivity contribution in [1.29, 1.82) is 0 Å². The number of aryl methyl sites for hydroxylation is 1. The molecule has 0 fully saturated rings. The molecule has 0 unspecified atom stereocenters. The molecule has 8 nitrogen and oxygen atoms in total. The van der Waals surface area contributed by atoms with Crippen molar-refractivity contribution in [2.45, 2.75) is 12.8 Å². The van der Waals surface area contributed by atoms with Crippen molar-refractivity contribution >= 4 is 34.8 Å². The van der Waals surface area contributed by atoms with Crippen molar-refractivity contribution in [1.82, 2.24) is 21.0 Å². The van der Waals surface area contributed by atoms with E-state index in [9.17, 15) is 9.59 Å². The molecule has 140 valence electrons. The summed E-state index contributed by atoms with van der Waals surface area (Å²) in [6.45, 7) is -0.280. The van der Waals surface area contributed by atoms with E-state index < -0.39 is 11.8 Å². The molecule has 10 heteroatoms. The number of benzene rings is 1. The Morgan fingerprint density at radius 2 is 2.00 bits per heavy atom. The number of hydrazine groups is 1. The van der Waals surface area contributed by atoms with Gasteiger partial charge in [-0.15, -0.1) is 0 Å². The molecule has 27 heavy (non-hydrogen) atoms. The molecule has 3 aromatic rings. The molecular formula is C17H15ClN4O4S. The number of para-hydroxylation sites is 1. The molecule has 2 heterocycles. The fourth-order valence-corrected chi connectivity index (χ4v) is 2.85. The van der Waals surface area contributed by atoms with Gasteiger partial charge < -0.3 is 9.26 Å². The first-order valence-corrected chi connectivity index (χ1v) is 9.24. The van der Waals surface area contributed by atoms with Gasteiger partial charge >= 0.3 is 0 Å². The quantitative estimate of drug-likeness (QED) is 0.584. The second-order valence-corrected chi connectivity index (χ2v) is 6.53. The molecular weight excluding hydrogens is 392 g/mol. The highest BCUT2D eigenvalue weighted by Crippen LogP contribution is 2.22. The summed E-state index contributed by atoms with van der Waals surface area (Å²) in [5.41, 5.74) is 5.43. The Morgan fingerprint density at radius 3 is 2.78 bits per heavy atom. The van der Waals surface area contributed by atoms with Crippen LogP contribution in [-0.2, 0) is 16.0 Å². The van der Waals surface area contributed by atoms with Gasteiger partial charge in [-0.2, -0.15) is 16.3 Å². The Kier molecular flexibility index (Phi) is 6.39. The normalized spacial score (nSPS) is 10.4. The lowest BCUT2D eigenvalue weighted by Crippen LogP contribution is -2.43. The van der Waals surface area contributed by atoms with Crippen LogP contribution in [0.4, 0.5) is 0 Å². The Morgan fingerprint density at radius 1 is 1.19 bits per heavy atom. The lowest BCUT2D eigenvalue weighted by Gasteiger charge is -2.09. The number of halogens is 1. The summed E-state index contributed by atoms with van der Waals surface area (Å²) >= 11 is 7.45. The van der Waals surface area contributed by atoms with Gasteiger partial charge in [0.15, 0.2) is 6.61 Å². The molecule has 0 radical (unpaired) electrons. The molecule has 0 bridgehead atoms. The highest BCUT2D eigenvalue weighted by atomic mass is 35.5. The van der Waals surface area contributed by atoms with Crippen LogP contribution in [0.15, 0.2) is 45.6 Å². The van der Waals surface area contributed by atoms with E-state index in [-0.39, 0.29) is 19.4 Å². The Bertz CT molecular complexity index is 913. The van der Waals surface area contributed by atoms with Crippen molar-refractivity contribution in [3.8, 4) is 17.1 Å². The first-order valence-electron chi connectivity index (χ1n) is 7.92. The fraction of sp³-hybridized carbons (Fsp3) is 0.176. The number of amides is 2. The highest BCUT2D eigenvalue weighted by Gasteiger charge is 2.12. The summed E-state index contributed by atoms with van der Waals surface area (Å²) in [7, 11) is 0. The molecule has 0 spiro atoms. The predicted molar refractivity (Wildman–Crippen MR) is 99.2 cm³/mol. The number of nitrogens with one attached hydrogen (secondary N) is 2. The third kappa shape index (κ3) is 5.53. The Balaban J connectivity index is 1.37. The van der Waals surface area contributed by atoms with Gasteiger partial charge in [-0.1, -0.05) is 28.9 Å². The molecule has 0 aliphatic heterocycles. The maximum Gasteiger partial charge on any atom is 0.276 e. The second kappa shape index (κ2) is 9.15. The van der Waals surface area contributed by atoms with Gasteiger partial charge in [-0.3, -0.25) is 20.4 Å². The molecule has 2 amide bonds. The number of aromatic nitrogens is 2. The number of hydrogen-bond acceptors (Lipinski definition) is 7. The van der Waals surface area contributed by atoms with Crippen molar-refractivity contribution in [3.63, 3.8) is 0 Å². The van der Waals surface area contributed by atoms with Gasteiger partial charge in [-0.05, 0) is 23.6 Å². The monoisotopic (exact) mass is 406 g/mol. The van der Waals surface area contributed by atoms with Gasteiger partial charge in [0.2, 0.25) is 17.6 Å². The number of carbonyl (C=O) groups excluding carboxylic acids is 2. The molecule has 0 aliphatic rings. The van der Waals surface area contributed by atoms with Crippen LogP contribution >= 0.6 is 22.9 Å². The zero-order chi connectivity index (χ0) is 19.1. The van der Waals surface area contributed by atoms with E-state index in [4.69, 9.17) is 20.9 Å². The van der Waals surface area contributed by atoms with Crippen LogP contribution in [0.2, 0.25) is 5.02 Å². The number of thiophene rings is 1. The number of carbonyl (C=O) groups is 2. The van der Waals surface area contributed by atoms with Crippen LogP contribution in [0.3, 0.4) is 0 Å². The summed E-state index contributed by atoms with van der Waals surface area (Å²) in [6.07, 6.45) is 0.339. The Labute approximate surface area is 163 Å². The van der Waals surface area contributed by atoms with Crippen LogP contribution < -0.4 is 15.6 Å². The average Bonchev–Trinajstić information content (AvgIpc) is 3.35. The second-order valence-electron chi connectivity index (χ2n) is 5.34. The van der Waals surface area contributed by atoms with Crippen LogP contribution in [0, 0.1) is 0 Å². The van der Waals surface area contributed by atoms with E-state index in [2.05, 4.69) is 21.0 Å². The van der Waals surface area contributed by atoms with Crippen LogP contribution in [-0.4, -0.2) is 28.6 Å². The average molecular weight is 407 g/mol. The standard InChI is InChI=1S/C17H15ClN4O4S/c18-12-3-1-2-4-13(12)25-9-15(24)21-20-14(23)5-6-16-19-17(22-26-16)11-7-8-27-10-11/h1-4,7-8,10H,5-6,9H2,(H,20,23)(H,21,24). The van der Waals surface area contributed by atoms with Crippen molar-refractivity contribution in [2.75, 3.05) is 6.61 Å². The summed E-state index contributed by atoms with van der Waals surface area (Å²) in [5, 5.41) is 8.08. The zero-order valence-electron chi connectivity index (χ0n) is 14.0. The third-order valence-corrected chi connectivity index (χ3v) is 4.35. The van der Waals surface area contributed by atoms with Crippen LogP contribution in [0.5, 0.6) is 5.75 Å². The molecule has 0 saturated heterocycles. The smallest absolute Gasteiger partial charge is 0.276 e. The van der Waals surface area contributed by atoms with E-state index in [1.165, 1.54) is 11.3 Å². The molecule has 0 saturated carbocycles. The maximum absolute atomic E-state index is 11.8. The van der Waals surface area contributed by atoms with E-state index in [0.717, 1.165) is 5.56 Å². The summed E-state index contributed by atoms with van der Waals surface area (Å²) in [6, 6.07) is 8.66. The first-order chi connectivity index (χ1) is 13.1. The molecule has 3 rings (SSSR count). The lowest BCUT2D eigenvalue weighted by molar-refractivity contribution is -0.130.